The first-order valence-corrected chi connectivity index (χ1v) is 9.19. The first kappa shape index (κ1) is 18.9. The van der Waals surface area contributed by atoms with E-state index in [-0.39, 0.29) is 17.1 Å². The van der Waals surface area contributed by atoms with Gasteiger partial charge in [-0.05, 0) is 43.0 Å². The molecule has 0 fully saturated rings. The van der Waals surface area contributed by atoms with Crippen LogP contribution in [0, 0.1) is 17.0 Å². The van der Waals surface area contributed by atoms with Gasteiger partial charge in [0.25, 0.3) is 5.69 Å². The van der Waals surface area contributed by atoms with E-state index in [9.17, 15) is 18.5 Å². The zero-order valence-electron chi connectivity index (χ0n) is 14.1. The van der Waals surface area contributed by atoms with E-state index in [2.05, 4.69) is 4.72 Å². The molecule has 0 aliphatic rings. The van der Waals surface area contributed by atoms with Crippen LogP contribution in [0.15, 0.2) is 47.4 Å². The van der Waals surface area contributed by atoms with Crippen molar-refractivity contribution >= 4 is 15.7 Å². The maximum absolute atomic E-state index is 12.4. The lowest BCUT2D eigenvalue weighted by atomic mass is 10.1. The number of nitro groups is 1. The summed E-state index contributed by atoms with van der Waals surface area (Å²) in [5.41, 5.74) is 1.30. The van der Waals surface area contributed by atoms with Crippen molar-refractivity contribution in [1.29, 1.82) is 0 Å². The lowest BCUT2D eigenvalue weighted by molar-refractivity contribution is -0.385. The molecule has 7 nitrogen and oxygen atoms in total. The molecule has 0 saturated heterocycles. The fourth-order valence-electron chi connectivity index (χ4n) is 2.36. The van der Waals surface area contributed by atoms with Crippen LogP contribution in [-0.2, 0) is 16.4 Å². The van der Waals surface area contributed by atoms with Crippen molar-refractivity contribution in [3.05, 3.63) is 63.7 Å². The van der Waals surface area contributed by atoms with Crippen LogP contribution in [0.3, 0.4) is 0 Å². The largest absolute Gasteiger partial charge is 0.497 e. The second kappa shape index (κ2) is 8.09. The Morgan fingerprint density at radius 3 is 2.44 bits per heavy atom. The molecule has 0 atom stereocenters. The number of hydrogen-bond donors (Lipinski definition) is 1. The smallest absolute Gasteiger partial charge is 0.270 e. The van der Waals surface area contributed by atoms with Crippen LogP contribution in [-0.4, -0.2) is 27.0 Å². The Balaban J connectivity index is 1.97. The predicted molar refractivity (Wildman–Crippen MR) is 94.3 cm³/mol. The maximum Gasteiger partial charge on any atom is 0.270 e. The van der Waals surface area contributed by atoms with Gasteiger partial charge in [0.05, 0.1) is 16.9 Å². The molecule has 1 N–H and O–H groups in total. The van der Waals surface area contributed by atoms with E-state index in [4.69, 9.17) is 4.74 Å². The summed E-state index contributed by atoms with van der Waals surface area (Å²) in [6.45, 7) is 1.85. The van der Waals surface area contributed by atoms with E-state index in [1.807, 2.05) is 24.3 Å². The van der Waals surface area contributed by atoms with Gasteiger partial charge in [-0.1, -0.05) is 18.2 Å². The van der Waals surface area contributed by atoms with Crippen LogP contribution in [0.25, 0.3) is 0 Å². The summed E-state index contributed by atoms with van der Waals surface area (Å²) in [4.78, 5) is 10.2. The molecule has 0 saturated carbocycles. The maximum atomic E-state index is 12.4. The third kappa shape index (κ3) is 5.01. The number of ether oxygens (including phenoxy) is 1. The summed E-state index contributed by atoms with van der Waals surface area (Å²) in [7, 11) is -2.19. The second-order valence-corrected chi connectivity index (χ2v) is 7.29. The highest BCUT2D eigenvalue weighted by molar-refractivity contribution is 7.89. The molecule has 0 aliphatic heterocycles. The molecule has 8 heteroatoms. The first-order valence-electron chi connectivity index (χ1n) is 7.71. The van der Waals surface area contributed by atoms with Crippen LogP contribution in [0.5, 0.6) is 5.75 Å². The summed E-state index contributed by atoms with van der Waals surface area (Å²) in [6, 6.07) is 11.4. The van der Waals surface area contributed by atoms with E-state index in [1.165, 1.54) is 12.1 Å². The van der Waals surface area contributed by atoms with Gasteiger partial charge in [0.1, 0.15) is 5.75 Å². The fourth-order valence-corrected chi connectivity index (χ4v) is 3.70. The highest BCUT2D eigenvalue weighted by atomic mass is 32.2. The SMILES string of the molecule is COc1ccc(CCCNS(=O)(=O)c2cc([N+](=O)[O-])ccc2C)cc1. The van der Waals surface area contributed by atoms with Gasteiger partial charge in [-0.2, -0.15) is 0 Å². The Morgan fingerprint density at radius 1 is 1.16 bits per heavy atom. The number of sulfonamides is 1. The zero-order chi connectivity index (χ0) is 18.4. The summed E-state index contributed by atoms with van der Waals surface area (Å²) >= 11 is 0. The van der Waals surface area contributed by atoms with Crippen LogP contribution in [0.1, 0.15) is 17.5 Å². The van der Waals surface area contributed by atoms with Crippen molar-refractivity contribution in [2.75, 3.05) is 13.7 Å². The molecular formula is C17H20N2O5S. The van der Waals surface area contributed by atoms with Crippen molar-refractivity contribution in [3.8, 4) is 5.75 Å². The van der Waals surface area contributed by atoms with Gasteiger partial charge in [-0.3, -0.25) is 10.1 Å². The summed E-state index contributed by atoms with van der Waals surface area (Å²) in [5.74, 6) is 0.769. The molecule has 0 unspecified atom stereocenters. The summed E-state index contributed by atoms with van der Waals surface area (Å²) in [5, 5.41) is 10.8. The highest BCUT2D eigenvalue weighted by Gasteiger charge is 2.19. The molecule has 134 valence electrons. The second-order valence-electron chi connectivity index (χ2n) is 5.56. The summed E-state index contributed by atoms with van der Waals surface area (Å²) in [6.07, 6.45) is 1.32. The predicted octanol–water partition coefficient (Wildman–Crippen LogP) is 2.82. The molecule has 0 bridgehead atoms. The molecule has 0 spiro atoms. The average Bonchev–Trinajstić information content (AvgIpc) is 2.59. The Kier molecular flexibility index (Phi) is 6.11. The van der Waals surface area contributed by atoms with Gasteiger partial charge in [-0.25, -0.2) is 13.1 Å². The number of methoxy groups -OCH3 is 1. The highest BCUT2D eigenvalue weighted by Crippen LogP contribution is 2.21. The number of aryl methyl sites for hydroxylation is 2. The Labute approximate surface area is 146 Å². The standard InChI is InChI=1S/C17H20N2O5S/c1-13-5-8-15(19(20)21)12-17(13)25(22,23)18-11-3-4-14-6-9-16(24-2)10-7-14/h5-10,12,18H,3-4,11H2,1-2H3. The zero-order valence-corrected chi connectivity index (χ0v) is 14.9. The van der Waals surface area contributed by atoms with Crippen LogP contribution in [0.2, 0.25) is 0 Å². The van der Waals surface area contributed by atoms with E-state index in [0.717, 1.165) is 17.4 Å². The van der Waals surface area contributed by atoms with Crippen molar-refractivity contribution in [3.63, 3.8) is 0 Å². The monoisotopic (exact) mass is 364 g/mol. The van der Waals surface area contributed by atoms with Gasteiger partial charge in [0.15, 0.2) is 0 Å². The average molecular weight is 364 g/mol. The van der Waals surface area contributed by atoms with E-state index in [1.54, 1.807) is 14.0 Å². The van der Waals surface area contributed by atoms with E-state index >= 15 is 0 Å². The van der Waals surface area contributed by atoms with Gasteiger partial charge in [-0.15, -0.1) is 0 Å². The van der Waals surface area contributed by atoms with Crippen LogP contribution < -0.4 is 9.46 Å². The van der Waals surface area contributed by atoms with Crippen molar-refractivity contribution in [1.82, 2.24) is 4.72 Å². The summed E-state index contributed by atoms with van der Waals surface area (Å²) < 4.78 is 32.3. The minimum atomic E-state index is -3.79. The van der Waals surface area contributed by atoms with Gasteiger partial charge >= 0.3 is 0 Å². The normalized spacial score (nSPS) is 11.3. The van der Waals surface area contributed by atoms with Crippen LogP contribution >= 0.6 is 0 Å². The quantitative estimate of drug-likeness (QED) is 0.441. The topological polar surface area (TPSA) is 98.5 Å². The molecule has 0 amide bonds. The van der Waals surface area contributed by atoms with Crippen LogP contribution in [0.4, 0.5) is 5.69 Å². The Hall–Kier alpha value is -2.45. The molecular weight excluding hydrogens is 344 g/mol. The lowest BCUT2D eigenvalue weighted by Crippen LogP contribution is -2.26. The third-order valence-electron chi connectivity index (χ3n) is 3.77. The van der Waals surface area contributed by atoms with E-state index in [0.29, 0.717) is 18.4 Å². The number of nitro benzene ring substituents is 1. The number of benzene rings is 2. The van der Waals surface area contributed by atoms with Crippen molar-refractivity contribution < 1.29 is 18.1 Å². The molecule has 2 aromatic carbocycles. The number of rotatable bonds is 8. The molecule has 0 radical (unpaired) electrons. The van der Waals surface area contributed by atoms with Crippen molar-refractivity contribution in [2.24, 2.45) is 0 Å². The lowest BCUT2D eigenvalue weighted by Gasteiger charge is -2.09. The minimum Gasteiger partial charge on any atom is -0.497 e. The molecule has 0 aliphatic carbocycles. The molecule has 2 aromatic rings. The Morgan fingerprint density at radius 2 is 1.84 bits per heavy atom. The third-order valence-corrected chi connectivity index (χ3v) is 5.37. The number of nitrogens with one attached hydrogen (secondary N) is 1. The number of hydrogen-bond acceptors (Lipinski definition) is 5. The minimum absolute atomic E-state index is 0.0638. The first-order chi connectivity index (χ1) is 11.8. The molecule has 2 rings (SSSR count). The van der Waals surface area contributed by atoms with Gasteiger partial charge in [0.2, 0.25) is 10.0 Å². The van der Waals surface area contributed by atoms with Gasteiger partial charge in [0, 0.05) is 18.7 Å². The van der Waals surface area contributed by atoms with Gasteiger partial charge < -0.3 is 4.74 Å². The molecule has 25 heavy (non-hydrogen) atoms. The van der Waals surface area contributed by atoms with Crippen molar-refractivity contribution in [2.45, 2.75) is 24.7 Å². The Bertz CT molecular complexity index is 848. The molecule has 0 heterocycles. The molecule has 0 aromatic heterocycles. The van der Waals surface area contributed by atoms with E-state index < -0.39 is 14.9 Å². The number of nitrogens with zero attached hydrogens (tertiary/aromatic N) is 1. The number of non-ortho nitro benzene ring substituents is 1. The fraction of sp³-hybridized carbons (Fsp3) is 0.294.